The van der Waals surface area contributed by atoms with Gasteiger partial charge in [0.05, 0.1) is 16.8 Å². The smallest absolute Gasteiger partial charge is 0.274 e. The van der Waals surface area contributed by atoms with Crippen LogP contribution in [-0.4, -0.2) is 19.1 Å². The first-order chi connectivity index (χ1) is 7.69. The maximum absolute atomic E-state index is 11.5. The molecule has 0 fully saturated rings. The van der Waals surface area contributed by atoms with E-state index in [-0.39, 0.29) is 5.91 Å². The highest BCUT2D eigenvalue weighted by Gasteiger charge is 2.08. The van der Waals surface area contributed by atoms with Gasteiger partial charge in [-0.1, -0.05) is 0 Å². The zero-order valence-electron chi connectivity index (χ0n) is 9.25. The number of rotatable bonds is 5. The Labute approximate surface area is 108 Å². The van der Waals surface area contributed by atoms with Gasteiger partial charge in [0.15, 0.2) is 0 Å². The van der Waals surface area contributed by atoms with E-state index < -0.39 is 0 Å². The van der Waals surface area contributed by atoms with E-state index in [4.69, 9.17) is 9.57 Å². The number of hydrogen-bond donors (Lipinski definition) is 1. The van der Waals surface area contributed by atoms with Crippen molar-refractivity contribution in [3.63, 3.8) is 0 Å². The number of carbonyl (C=O) groups excluding carboxylic acids is 1. The molecule has 0 saturated heterocycles. The summed E-state index contributed by atoms with van der Waals surface area (Å²) in [6, 6.07) is 5.26. The van der Waals surface area contributed by atoms with Crippen molar-refractivity contribution in [3.05, 3.63) is 27.3 Å². The summed E-state index contributed by atoms with van der Waals surface area (Å²) in [5.74, 6) is 0.541. The van der Waals surface area contributed by atoms with Crippen molar-refractivity contribution >= 4 is 28.5 Å². The van der Waals surface area contributed by atoms with Crippen molar-refractivity contribution in [2.75, 3.05) is 13.2 Å². The maximum Gasteiger partial charge on any atom is 0.274 e. The predicted octanol–water partition coefficient (Wildman–Crippen LogP) is 2.37. The average Bonchev–Trinajstić information content (AvgIpc) is 2.29. The van der Waals surface area contributed by atoms with Gasteiger partial charge in [0.2, 0.25) is 0 Å². The molecule has 0 spiro atoms. The van der Waals surface area contributed by atoms with E-state index in [0.29, 0.717) is 18.8 Å². The average molecular weight is 335 g/mol. The molecule has 1 aromatic rings. The normalized spacial score (nSPS) is 9.94. The van der Waals surface area contributed by atoms with Crippen LogP contribution in [-0.2, 0) is 4.84 Å². The number of amides is 1. The van der Waals surface area contributed by atoms with Gasteiger partial charge in [0.1, 0.15) is 5.75 Å². The van der Waals surface area contributed by atoms with Crippen LogP contribution in [0.4, 0.5) is 0 Å². The Hall–Kier alpha value is -0.820. The molecule has 0 atom stereocenters. The topological polar surface area (TPSA) is 47.6 Å². The fraction of sp³-hybridized carbons (Fsp3) is 0.364. The molecule has 0 aromatic heterocycles. The van der Waals surface area contributed by atoms with Gasteiger partial charge in [-0.3, -0.25) is 9.63 Å². The van der Waals surface area contributed by atoms with Gasteiger partial charge in [-0.25, -0.2) is 5.48 Å². The third kappa shape index (κ3) is 3.64. The van der Waals surface area contributed by atoms with Gasteiger partial charge in [-0.15, -0.1) is 0 Å². The first-order valence-corrected chi connectivity index (χ1v) is 6.11. The molecule has 0 heterocycles. The molecule has 0 unspecified atom stereocenters. The predicted molar refractivity (Wildman–Crippen MR) is 69.4 cm³/mol. The highest BCUT2D eigenvalue weighted by molar-refractivity contribution is 14.1. The number of hydroxylamine groups is 1. The lowest BCUT2D eigenvalue weighted by molar-refractivity contribution is 0.0364. The summed E-state index contributed by atoms with van der Waals surface area (Å²) >= 11 is 2.13. The first kappa shape index (κ1) is 13.2. The Morgan fingerprint density at radius 2 is 2.12 bits per heavy atom. The van der Waals surface area contributed by atoms with Gasteiger partial charge in [-0.2, -0.15) is 0 Å². The van der Waals surface area contributed by atoms with Gasteiger partial charge in [-0.05, 0) is 54.6 Å². The minimum atomic E-state index is -0.247. The summed E-state index contributed by atoms with van der Waals surface area (Å²) in [4.78, 5) is 16.4. The van der Waals surface area contributed by atoms with E-state index in [1.807, 2.05) is 13.8 Å². The third-order valence-corrected chi connectivity index (χ3v) is 2.65. The van der Waals surface area contributed by atoms with E-state index in [1.54, 1.807) is 18.2 Å². The Morgan fingerprint density at radius 1 is 1.38 bits per heavy atom. The quantitative estimate of drug-likeness (QED) is 0.664. The summed E-state index contributed by atoms with van der Waals surface area (Å²) < 4.78 is 6.29. The summed E-state index contributed by atoms with van der Waals surface area (Å²) in [5, 5.41) is 0. The fourth-order valence-electron chi connectivity index (χ4n) is 1.11. The third-order valence-electron chi connectivity index (χ3n) is 1.80. The van der Waals surface area contributed by atoms with Crippen LogP contribution in [0.2, 0.25) is 0 Å². The van der Waals surface area contributed by atoms with Crippen molar-refractivity contribution in [1.29, 1.82) is 0 Å². The lowest BCUT2D eigenvalue weighted by Crippen LogP contribution is -2.23. The largest absolute Gasteiger partial charge is 0.493 e. The SMILES string of the molecule is CCONC(=O)c1ccc(OCC)c(I)c1. The van der Waals surface area contributed by atoms with Crippen LogP contribution in [0.3, 0.4) is 0 Å². The van der Waals surface area contributed by atoms with Crippen molar-refractivity contribution in [1.82, 2.24) is 5.48 Å². The molecule has 0 aliphatic heterocycles. The van der Waals surface area contributed by atoms with Crippen LogP contribution in [0.25, 0.3) is 0 Å². The number of halogens is 1. The Morgan fingerprint density at radius 3 is 2.69 bits per heavy atom. The van der Waals surface area contributed by atoms with Gasteiger partial charge in [0, 0.05) is 5.56 Å². The molecular weight excluding hydrogens is 321 g/mol. The van der Waals surface area contributed by atoms with Crippen LogP contribution in [0.1, 0.15) is 24.2 Å². The fourth-order valence-corrected chi connectivity index (χ4v) is 1.78. The van der Waals surface area contributed by atoms with E-state index in [1.165, 1.54) is 0 Å². The minimum Gasteiger partial charge on any atom is -0.493 e. The van der Waals surface area contributed by atoms with Gasteiger partial charge in [0.25, 0.3) is 5.91 Å². The molecule has 1 N–H and O–H groups in total. The summed E-state index contributed by atoms with van der Waals surface area (Å²) in [6.07, 6.45) is 0. The molecule has 0 saturated carbocycles. The van der Waals surface area contributed by atoms with Crippen LogP contribution in [0.15, 0.2) is 18.2 Å². The van der Waals surface area contributed by atoms with Crippen LogP contribution in [0.5, 0.6) is 5.75 Å². The zero-order chi connectivity index (χ0) is 12.0. The second kappa shape index (κ2) is 6.70. The molecule has 0 aliphatic rings. The Bertz CT molecular complexity index is 368. The van der Waals surface area contributed by atoms with Crippen molar-refractivity contribution < 1.29 is 14.4 Å². The highest BCUT2D eigenvalue weighted by atomic mass is 127. The summed E-state index contributed by atoms with van der Waals surface area (Å²) in [6.45, 7) is 4.79. The monoisotopic (exact) mass is 335 g/mol. The number of benzene rings is 1. The lowest BCUT2D eigenvalue weighted by atomic mass is 10.2. The van der Waals surface area contributed by atoms with Crippen molar-refractivity contribution in [3.8, 4) is 5.75 Å². The second-order valence-corrected chi connectivity index (χ2v) is 4.10. The van der Waals surface area contributed by atoms with Crippen LogP contribution >= 0.6 is 22.6 Å². The molecule has 4 nitrogen and oxygen atoms in total. The molecule has 0 radical (unpaired) electrons. The second-order valence-electron chi connectivity index (χ2n) is 2.94. The molecule has 0 bridgehead atoms. The number of carbonyl (C=O) groups is 1. The van der Waals surface area contributed by atoms with Crippen molar-refractivity contribution in [2.24, 2.45) is 0 Å². The van der Waals surface area contributed by atoms with E-state index in [0.717, 1.165) is 9.32 Å². The molecular formula is C11H14INO3. The summed E-state index contributed by atoms with van der Waals surface area (Å²) in [7, 11) is 0. The number of ether oxygens (including phenoxy) is 1. The molecule has 1 aromatic carbocycles. The summed E-state index contributed by atoms with van der Waals surface area (Å²) in [5.41, 5.74) is 2.90. The maximum atomic E-state index is 11.5. The molecule has 1 amide bonds. The lowest BCUT2D eigenvalue weighted by Gasteiger charge is -2.08. The first-order valence-electron chi connectivity index (χ1n) is 5.03. The van der Waals surface area contributed by atoms with E-state index in [2.05, 4.69) is 28.1 Å². The van der Waals surface area contributed by atoms with Gasteiger partial charge < -0.3 is 4.74 Å². The zero-order valence-corrected chi connectivity index (χ0v) is 11.4. The molecule has 16 heavy (non-hydrogen) atoms. The van der Waals surface area contributed by atoms with Gasteiger partial charge >= 0.3 is 0 Å². The van der Waals surface area contributed by atoms with E-state index in [9.17, 15) is 4.79 Å². The molecule has 0 aliphatic carbocycles. The molecule has 88 valence electrons. The molecule has 1 rings (SSSR count). The molecule has 5 heteroatoms. The number of hydrogen-bond acceptors (Lipinski definition) is 3. The highest BCUT2D eigenvalue weighted by Crippen LogP contribution is 2.21. The minimum absolute atomic E-state index is 0.247. The standard InChI is InChI=1S/C11H14INO3/c1-3-15-10-6-5-8(7-9(10)12)11(14)13-16-4-2/h5-7H,3-4H2,1-2H3,(H,13,14). The van der Waals surface area contributed by atoms with Crippen LogP contribution < -0.4 is 10.2 Å². The number of nitrogens with one attached hydrogen (secondary N) is 1. The van der Waals surface area contributed by atoms with Crippen LogP contribution in [0, 0.1) is 3.57 Å². The Kier molecular flexibility index (Phi) is 5.54. The Balaban J connectivity index is 2.76. The van der Waals surface area contributed by atoms with E-state index >= 15 is 0 Å². The van der Waals surface area contributed by atoms with Crippen molar-refractivity contribution in [2.45, 2.75) is 13.8 Å².